The topological polar surface area (TPSA) is 104 Å². The summed E-state index contributed by atoms with van der Waals surface area (Å²) >= 11 is 0. The summed E-state index contributed by atoms with van der Waals surface area (Å²) in [6.45, 7) is 2.66. The second kappa shape index (κ2) is 6.04. The van der Waals surface area contributed by atoms with E-state index in [2.05, 4.69) is 20.5 Å². The molecule has 0 spiro atoms. The molecule has 4 heterocycles. The first-order valence-corrected chi connectivity index (χ1v) is 8.02. The van der Waals surface area contributed by atoms with Crippen LogP contribution in [0.1, 0.15) is 17.9 Å². The molecule has 128 valence electrons. The zero-order chi connectivity index (χ0) is 17.4. The molecule has 4 rings (SSSR count). The maximum Gasteiger partial charge on any atom is 0.229 e. The summed E-state index contributed by atoms with van der Waals surface area (Å²) in [4.78, 5) is 30.5. The maximum atomic E-state index is 12.5. The number of furan rings is 1. The van der Waals surface area contributed by atoms with Gasteiger partial charge >= 0.3 is 0 Å². The van der Waals surface area contributed by atoms with Crippen molar-refractivity contribution in [3.63, 3.8) is 0 Å². The lowest BCUT2D eigenvalue weighted by Gasteiger charge is -2.15. The molecule has 0 saturated carbocycles. The number of aryl methyl sites for hydroxylation is 1. The van der Waals surface area contributed by atoms with Gasteiger partial charge < -0.3 is 14.6 Å². The molecule has 25 heavy (non-hydrogen) atoms. The van der Waals surface area contributed by atoms with E-state index in [4.69, 9.17) is 4.42 Å². The van der Waals surface area contributed by atoms with Crippen LogP contribution in [0.5, 0.6) is 0 Å². The number of aromatic nitrogens is 3. The summed E-state index contributed by atoms with van der Waals surface area (Å²) in [5.74, 6) is 0.0940. The van der Waals surface area contributed by atoms with E-state index in [-0.39, 0.29) is 24.2 Å². The smallest absolute Gasteiger partial charge is 0.229 e. The highest BCUT2D eigenvalue weighted by molar-refractivity contribution is 5.98. The van der Waals surface area contributed by atoms with E-state index in [0.717, 1.165) is 11.1 Å². The van der Waals surface area contributed by atoms with Crippen molar-refractivity contribution in [1.29, 1.82) is 0 Å². The van der Waals surface area contributed by atoms with Gasteiger partial charge in [-0.15, -0.1) is 0 Å². The molecular weight excluding hydrogens is 322 g/mol. The van der Waals surface area contributed by atoms with Crippen LogP contribution in [0.3, 0.4) is 0 Å². The van der Waals surface area contributed by atoms with Crippen molar-refractivity contribution < 1.29 is 14.0 Å². The molecule has 1 aliphatic heterocycles. The summed E-state index contributed by atoms with van der Waals surface area (Å²) in [5, 5.41) is 10.6. The number of rotatable bonds is 4. The van der Waals surface area contributed by atoms with Gasteiger partial charge in [0.2, 0.25) is 11.8 Å². The summed E-state index contributed by atoms with van der Waals surface area (Å²) in [7, 11) is 0. The van der Waals surface area contributed by atoms with Gasteiger partial charge in [-0.25, -0.2) is 4.98 Å². The van der Waals surface area contributed by atoms with Crippen molar-refractivity contribution in [2.24, 2.45) is 5.92 Å². The second-order valence-corrected chi connectivity index (χ2v) is 6.19. The van der Waals surface area contributed by atoms with E-state index in [1.807, 2.05) is 19.1 Å². The highest BCUT2D eigenvalue weighted by Crippen LogP contribution is 2.23. The van der Waals surface area contributed by atoms with Gasteiger partial charge in [0.05, 0.1) is 30.6 Å². The van der Waals surface area contributed by atoms with Crippen molar-refractivity contribution in [2.45, 2.75) is 19.9 Å². The van der Waals surface area contributed by atoms with Crippen LogP contribution in [-0.2, 0) is 16.1 Å². The fraction of sp³-hybridized carbons (Fsp3) is 0.294. The Bertz CT molecular complexity index is 931. The van der Waals surface area contributed by atoms with Crippen molar-refractivity contribution in [3.8, 4) is 0 Å². The Morgan fingerprint density at radius 2 is 2.40 bits per heavy atom. The summed E-state index contributed by atoms with van der Waals surface area (Å²) in [5.41, 5.74) is 2.09. The number of anilines is 1. The van der Waals surface area contributed by atoms with E-state index in [1.54, 1.807) is 23.4 Å². The standard InChI is InChI=1S/C17H17N5O3/c1-10-14-6-12(7-18-16(14)21-20-10)19-17(24)11-5-15(23)22(8-11)9-13-3-2-4-25-13/h2-4,6-7,11H,5,8-9H2,1H3,(H,19,24)(H,18,20,21). The third-order valence-corrected chi connectivity index (χ3v) is 4.38. The molecule has 2 amide bonds. The minimum Gasteiger partial charge on any atom is -0.467 e. The number of carbonyl (C=O) groups is 2. The average molecular weight is 339 g/mol. The van der Waals surface area contributed by atoms with Crippen molar-refractivity contribution in [1.82, 2.24) is 20.1 Å². The minimum atomic E-state index is -0.386. The summed E-state index contributed by atoms with van der Waals surface area (Å²) < 4.78 is 5.27. The van der Waals surface area contributed by atoms with Crippen molar-refractivity contribution in [2.75, 3.05) is 11.9 Å². The molecule has 3 aromatic rings. The van der Waals surface area contributed by atoms with Gasteiger partial charge in [-0.05, 0) is 25.1 Å². The second-order valence-electron chi connectivity index (χ2n) is 6.19. The van der Waals surface area contributed by atoms with E-state index < -0.39 is 0 Å². The lowest BCUT2D eigenvalue weighted by Crippen LogP contribution is -2.27. The van der Waals surface area contributed by atoms with Gasteiger partial charge in [-0.3, -0.25) is 14.7 Å². The van der Waals surface area contributed by atoms with E-state index in [0.29, 0.717) is 30.2 Å². The third-order valence-electron chi connectivity index (χ3n) is 4.38. The van der Waals surface area contributed by atoms with E-state index in [1.165, 1.54) is 0 Å². The Morgan fingerprint density at radius 1 is 1.52 bits per heavy atom. The van der Waals surface area contributed by atoms with Gasteiger partial charge in [0.15, 0.2) is 5.65 Å². The van der Waals surface area contributed by atoms with Crippen LogP contribution in [0.2, 0.25) is 0 Å². The Labute approximate surface area is 143 Å². The number of nitrogens with one attached hydrogen (secondary N) is 2. The molecule has 8 heteroatoms. The Hall–Kier alpha value is -3.16. The number of hydrogen-bond donors (Lipinski definition) is 2. The van der Waals surface area contributed by atoms with Gasteiger partial charge in [0, 0.05) is 24.0 Å². The minimum absolute atomic E-state index is 0.0455. The molecule has 1 unspecified atom stereocenters. The fourth-order valence-corrected chi connectivity index (χ4v) is 3.02. The molecule has 0 bridgehead atoms. The highest BCUT2D eigenvalue weighted by Gasteiger charge is 2.34. The molecule has 0 aliphatic carbocycles. The molecule has 1 fully saturated rings. The number of H-pyrrole nitrogens is 1. The molecule has 8 nitrogen and oxygen atoms in total. The predicted molar refractivity (Wildman–Crippen MR) is 89.5 cm³/mol. The lowest BCUT2D eigenvalue weighted by molar-refractivity contribution is -0.128. The van der Waals surface area contributed by atoms with E-state index in [9.17, 15) is 9.59 Å². The number of likely N-dealkylation sites (tertiary alicyclic amines) is 1. The third kappa shape index (κ3) is 2.98. The van der Waals surface area contributed by atoms with Crippen molar-refractivity contribution >= 4 is 28.5 Å². The molecule has 1 atom stereocenters. The average Bonchev–Trinajstić information content (AvgIpc) is 3.31. The number of amides is 2. The quantitative estimate of drug-likeness (QED) is 0.755. The SMILES string of the molecule is Cc1[nH]nc2ncc(NC(=O)C3CC(=O)N(Cc4ccco4)C3)cc12. The van der Waals surface area contributed by atoms with Gasteiger partial charge in [0.1, 0.15) is 5.76 Å². The number of carbonyl (C=O) groups excluding carboxylic acids is 2. The zero-order valence-electron chi connectivity index (χ0n) is 13.7. The number of aromatic amines is 1. The first-order chi connectivity index (χ1) is 12.1. The Balaban J connectivity index is 1.43. The molecule has 1 saturated heterocycles. The monoisotopic (exact) mass is 339 g/mol. The van der Waals surface area contributed by atoms with Crippen LogP contribution in [-0.4, -0.2) is 38.4 Å². The lowest BCUT2D eigenvalue weighted by atomic mass is 10.1. The predicted octanol–water partition coefficient (Wildman–Crippen LogP) is 1.85. The maximum absolute atomic E-state index is 12.5. The first kappa shape index (κ1) is 15.4. The van der Waals surface area contributed by atoms with Crippen molar-refractivity contribution in [3.05, 3.63) is 42.1 Å². The van der Waals surface area contributed by atoms with Gasteiger partial charge in [-0.2, -0.15) is 5.10 Å². The van der Waals surface area contributed by atoms with Crippen LogP contribution >= 0.6 is 0 Å². The fourth-order valence-electron chi connectivity index (χ4n) is 3.02. The Morgan fingerprint density at radius 3 is 3.20 bits per heavy atom. The number of pyridine rings is 1. The summed E-state index contributed by atoms with van der Waals surface area (Å²) in [6.07, 6.45) is 3.34. The molecule has 3 aromatic heterocycles. The highest BCUT2D eigenvalue weighted by atomic mass is 16.3. The molecule has 0 aromatic carbocycles. The number of hydrogen-bond acceptors (Lipinski definition) is 5. The largest absolute Gasteiger partial charge is 0.467 e. The number of fused-ring (bicyclic) bond motifs is 1. The normalized spacial score (nSPS) is 17.4. The first-order valence-electron chi connectivity index (χ1n) is 8.02. The Kier molecular flexibility index (Phi) is 3.72. The molecule has 2 N–H and O–H groups in total. The number of nitrogens with zero attached hydrogens (tertiary/aromatic N) is 3. The van der Waals surface area contributed by atoms with Gasteiger partial charge in [0.25, 0.3) is 0 Å². The molecular formula is C17H17N5O3. The van der Waals surface area contributed by atoms with Crippen LogP contribution in [0.15, 0.2) is 35.1 Å². The van der Waals surface area contributed by atoms with E-state index >= 15 is 0 Å². The zero-order valence-corrected chi connectivity index (χ0v) is 13.7. The van der Waals surface area contributed by atoms with Crippen LogP contribution < -0.4 is 5.32 Å². The molecule has 1 aliphatic rings. The molecule has 0 radical (unpaired) electrons. The summed E-state index contributed by atoms with van der Waals surface area (Å²) in [6, 6.07) is 5.42. The van der Waals surface area contributed by atoms with Crippen LogP contribution in [0.4, 0.5) is 5.69 Å². The van der Waals surface area contributed by atoms with Crippen LogP contribution in [0, 0.1) is 12.8 Å². The van der Waals surface area contributed by atoms with Crippen LogP contribution in [0.25, 0.3) is 11.0 Å². The van der Waals surface area contributed by atoms with Gasteiger partial charge in [-0.1, -0.05) is 0 Å².